The molecule has 0 spiro atoms. The van der Waals surface area contributed by atoms with Crippen molar-refractivity contribution in [2.24, 2.45) is 17.8 Å². The molecule has 0 radical (unpaired) electrons. The largest absolute Gasteiger partial charge is 0.493 e. The van der Waals surface area contributed by atoms with Gasteiger partial charge in [0, 0.05) is 11.6 Å². The van der Waals surface area contributed by atoms with Gasteiger partial charge in [0.15, 0.2) is 0 Å². The van der Waals surface area contributed by atoms with Crippen LogP contribution in [0.5, 0.6) is 5.75 Å². The van der Waals surface area contributed by atoms with E-state index < -0.39 is 0 Å². The van der Waals surface area contributed by atoms with Crippen molar-refractivity contribution in [2.45, 2.75) is 25.7 Å². The summed E-state index contributed by atoms with van der Waals surface area (Å²) in [6.07, 6.45) is 5.37. The van der Waals surface area contributed by atoms with Crippen molar-refractivity contribution in [3.05, 3.63) is 29.6 Å². The Kier molecular flexibility index (Phi) is 4.17. The molecule has 3 heteroatoms. The summed E-state index contributed by atoms with van der Waals surface area (Å²) in [5.41, 5.74) is 0.619. The molecule has 0 N–H and O–H groups in total. The van der Waals surface area contributed by atoms with Crippen molar-refractivity contribution in [1.82, 2.24) is 0 Å². The number of halogens is 2. The van der Waals surface area contributed by atoms with E-state index in [-0.39, 0.29) is 11.7 Å². The maximum absolute atomic E-state index is 13.5. The van der Waals surface area contributed by atoms with Crippen LogP contribution in [-0.2, 0) is 0 Å². The fraction of sp³-hybridized carbons (Fsp3) is 0.529. The topological polar surface area (TPSA) is 9.23 Å². The van der Waals surface area contributed by atoms with Gasteiger partial charge in [-0.05, 0) is 49.1 Å². The zero-order valence-corrected chi connectivity index (χ0v) is 12.1. The normalized spacial score (nSPS) is 27.2. The van der Waals surface area contributed by atoms with Gasteiger partial charge >= 0.3 is 0 Å². The molecule has 1 nitrogen and oxygen atoms in total. The van der Waals surface area contributed by atoms with Gasteiger partial charge in [0.25, 0.3) is 0 Å². The van der Waals surface area contributed by atoms with E-state index in [1.807, 2.05) is 0 Å². The van der Waals surface area contributed by atoms with E-state index in [0.29, 0.717) is 23.8 Å². The fourth-order valence-electron chi connectivity index (χ4n) is 3.64. The Morgan fingerprint density at radius 3 is 2.85 bits per heavy atom. The number of hydrogen-bond acceptors (Lipinski definition) is 1. The van der Waals surface area contributed by atoms with Crippen molar-refractivity contribution in [1.29, 1.82) is 0 Å². The van der Waals surface area contributed by atoms with Gasteiger partial charge in [-0.15, -0.1) is 11.6 Å². The third kappa shape index (κ3) is 3.10. The number of hydrogen-bond donors (Lipinski definition) is 0. The molecule has 3 rings (SSSR count). The Hall–Kier alpha value is -1.20. The summed E-state index contributed by atoms with van der Waals surface area (Å²) in [6.45, 7) is 0.701. The van der Waals surface area contributed by atoms with E-state index >= 15 is 0 Å². The number of fused-ring (bicyclic) bond motifs is 2. The smallest absolute Gasteiger partial charge is 0.128 e. The summed E-state index contributed by atoms with van der Waals surface area (Å²) in [4.78, 5) is 0. The maximum atomic E-state index is 13.5. The predicted octanol–water partition coefficient (Wildman–Crippen LogP) is 4.23. The maximum Gasteiger partial charge on any atom is 0.128 e. The second-order valence-corrected chi connectivity index (χ2v) is 6.12. The number of ether oxygens (including phenoxy) is 1. The van der Waals surface area contributed by atoms with E-state index in [1.165, 1.54) is 37.8 Å². The highest BCUT2D eigenvalue weighted by atomic mass is 35.5. The molecular weight excluding hydrogens is 275 g/mol. The van der Waals surface area contributed by atoms with Crippen LogP contribution >= 0.6 is 11.6 Å². The Labute approximate surface area is 124 Å². The first-order valence-corrected chi connectivity index (χ1v) is 7.76. The molecule has 0 heterocycles. The van der Waals surface area contributed by atoms with Crippen LogP contribution in [0.15, 0.2) is 18.2 Å². The van der Waals surface area contributed by atoms with E-state index in [0.717, 1.165) is 11.8 Å². The van der Waals surface area contributed by atoms with E-state index in [4.69, 9.17) is 16.3 Å². The molecule has 1 aromatic carbocycles. The summed E-state index contributed by atoms with van der Waals surface area (Å²) in [6, 6.07) is 4.62. The zero-order chi connectivity index (χ0) is 13.9. The van der Waals surface area contributed by atoms with Crippen molar-refractivity contribution in [2.75, 3.05) is 12.5 Å². The van der Waals surface area contributed by atoms with Gasteiger partial charge in [-0.3, -0.25) is 0 Å². The van der Waals surface area contributed by atoms with Gasteiger partial charge in [0.2, 0.25) is 0 Å². The molecule has 2 fully saturated rings. The van der Waals surface area contributed by atoms with Gasteiger partial charge in [-0.1, -0.05) is 18.3 Å². The highest BCUT2D eigenvalue weighted by Crippen LogP contribution is 2.48. The summed E-state index contributed by atoms with van der Waals surface area (Å²) in [5.74, 6) is 8.45. The third-order valence-corrected chi connectivity index (χ3v) is 4.65. The molecule has 3 atom stereocenters. The fourth-order valence-corrected chi connectivity index (χ4v) is 3.70. The minimum absolute atomic E-state index is 0.248. The van der Waals surface area contributed by atoms with Crippen LogP contribution in [0.2, 0.25) is 0 Å². The summed E-state index contributed by atoms with van der Waals surface area (Å²) in [5, 5.41) is 0. The molecule has 0 saturated heterocycles. The Morgan fingerprint density at radius 1 is 1.25 bits per heavy atom. The highest BCUT2D eigenvalue weighted by Gasteiger charge is 2.39. The van der Waals surface area contributed by atoms with Crippen LogP contribution < -0.4 is 4.74 Å². The van der Waals surface area contributed by atoms with E-state index in [1.54, 1.807) is 6.07 Å². The Bertz CT molecular complexity index is 546. The van der Waals surface area contributed by atoms with Gasteiger partial charge in [0.1, 0.15) is 11.6 Å². The minimum Gasteiger partial charge on any atom is -0.493 e. The van der Waals surface area contributed by atoms with Gasteiger partial charge < -0.3 is 4.74 Å². The Morgan fingerprint density at radius 2 is 2.15 bits per heavy atom. The summed E-state index contributed by atoms with van der Waals surface area (Å²) < 4.78 is 19.3. The molecule has 1 aromatic rings. The molecule has 0 amide bonds. The molecule has 0 aromatic heterocycles. The lowest BCUT2D eigenvalue weighted by Gasteiger charge is -2.21. The lowest BCUT2D eigenvalue weighted by atomic mass is 9.89. The van der Waals surface area contributed by atoms with Crippen LogP contribution in [0.1, 0.15) is 31.2 Å². The molecule has 0 aliphatic heterocycles. The first-order valence-electron chi connectivity index (χ1n) is 7.23. The number of rotatable bonds is 3. The molecule has 106 valence electrons. The number of benzene rings is 1. The molecule has 2 aliphatic rings. The monoisotopic (exact) mass is 292 g/mol. The highest BCUT2D eigenvalue weighted by molar-refractivity contribution is 6.19. The lowest BCUT2D eigenvalue weighted by molar-refractivity contribution is 0.194. The zero-order valence-electron chi connectivity index (χ0n) is 11.4. The van der Waals surface area contributed by atoms with Crippen LogP contribution in [0.25, 0.3) is 0 Å². The molecule has 3 unspecified atom stereocenters. The summed E-state index contributed by atoms with van der Waals surface area (Å²) in [7, 11) is 0. The van der Waals surface area contributed by atoms with Crippen LogP contribution in [0.3, 0.4) is 0 Å². The third-order valence-electron chi connectivity index (χ3n) is 4.52. The van der Waals surface area contributed by atoms with Gasteiger partial charge in [0.05, 0.1) is 12.5 Å². The van der Waals surface area contributed by atoms with Crippen LogP contribution in [0.4, 0.5) is 4.39 Å². The molecule has 2 aliphatic carbocycles. The van der Waals surface area contributed by atoms with E-state index in [9.17, 15) is 4.39 Å². The first kappa shape index (κ1) is 13.8. The Balaban J connectivity index is 1.63. The minimum atomic E-state index is -0.311. The number of alkyl halides is 1. The molecule has 2 bridgehead atoms. The second kappa shape index (κ2) is 6.06. The SMILES string of the molecule is Fc1cc(C#CCCl)cc(OCC2CC3CCC2C3)c1. The second-order valence-electron chi connectivity index (χ2n) is 5.86. The molecule has 20 heavy (non-hydrogen) atoms. The molecule has 2 saturated carbocycles. The van der Waals surface area contributed by atoms with Crippen molar-refractivity contribution in [3.8, 4) is 17.6 Å². The van der Waals surface area contributed by atoms with Crippen LogP contribution in [-0.4, -0.2) is 12.5 Å². The first-order chi connectivity index (χ1) is 9.74. The van der Waals surface area contributed by atoms with E-state index in [2.05, 4.69) is 11.8 Å². The predicted molar refractivity (Wildman–Crippen MR) is 78.4 cm³/mol. The standard InChI is InChI=1S/C17H18ClFO/c18-5-1-2-12-8-16(19)10-17(9-12)20-11-15-7-13-3-4-14(15)6-13/h8-10,13-15H,3-7,11H2. The van der Waals surface area contributed by atoms with Gasteiger partial charge in [-0.25, -0.2) is 4.39 Å². The molecular formula is C17H18ClFO. The lowest BCUT2D eigenvalue weighted by Crippen LogP contribution is -2.18. The quantitative estimate of drug-likeness (QED) is 0.598. The van der Waals surface area contributed by atoms with Crippen molar-refractivity contribution in [3.63, 3.8) is 0 Å². The van der Waals surface area contributed by atoms with Crippen molar-refractivity contribution >= 4 is 11.6 Å². The average Bonchev–Trinajstić information content (AvgIpc) is 3.05. The van der Waals surface area contributed by atoms with Gasteiger partial charge in [-0.2, -0.15) is 0 Å². The average molecular weight is 293 g/mol. The summed E-state index contributed by atoms with van der Waals surface area (Å²) >= 11 is 5.52. The van der Waals surface area contributed by atoms with Crippen molar-refractivity contribution < 1.29 is 9.13 Å². The van der Waals surface area contributed by atoms with Crippen LogP contribution in [0, 0.1) is 35.4 Å².